The third kappa shape index (κ3) is 3.89. The summed E-state index contributed by atoms with van der Waals surface area (Å²) in [4.78, 5) is -1.09. The molecule has 0 aliphatic rings. The summed E-state index contributed by atoms with van der Waals surface area (Å²) in [6.07, 6.45) is 0. The highest BCUT2D eigenvalue weighted by atomic mass is 35.7. The van der Waals surface area contributed by atoms with Gasteiger partial charge in [0.15, 0.2) is 0 Å². The minimum atomic E-state index is -4.36. The molecule has 4 nitrogen and oxygen atoms in total. The van der Waals surface area contributed by atoms with Gasteiger partial charge in [0.2, 0.25) is 0 Å². The molecule has 0 aromatic heterocycles. The summed E-state index contributed by atoms with van der Waals surface area (Å²) in [5.41, 5.74) is 0.279. The molecule has 0 spiro atoms. The maximum absolute atomic E-state index is 12.0. The molecule has 0 saturated heterocycles. The van der Waals surface area contributed by atoms with E-state index in [0.29, 0.717) is 0 Å². The Balaban J connectivity index is 2.97. The Morgan fingerprint density at radius 3 is 1.09 bits per heavy atom. The van der Waals surface area contributed by atoms with Crippen LogP contribution in [0, 0.1) is 0 Å². The summed E-state index contributed by atoms with van der Waals surface area (Å²) in [5, 5.41) is 0. The first kappa shape index (κ1) is 17.0. The van der Waals surface area contributed by atoms with Crippen LogP contribution < -0.4 is 0 Å². The van der Waals surface area contributed by atoms with Crippen LogP contribution in [0.1, 0.15) is 11.1 Å². The maximum Gasteiger partial charge on any atom is 0.263 e. The summed E-state index contributed by atoms with van der Waals surface area (Å²) < 4.78 is 47.9. The molecule has 22 heavy (non-hydrogen) atoms. The number of benzene rings is 2. The molecule has 0 amide bonds. The van der Waals surface area contributed by atoms with Gasteiger partial charge >= 0.3 is 0 Å². The summed E-state index contributed by atoms with van der Waals surface area (Å²) in [6, 6.07) is 15.4. The highest BCUT2D eigenvalue weighted by Gasteiger charge is 2.30. The molecule has 0 aliphatic heterocycles. The van der Waals surface area contributed by atoms with Gasteiger partial charge in [-0.15, -0.1) is 0 Å². The third-order valence-corrected chi connectivity index (χ3v) is 5.68. The van der Waals surface area contributed by atoms with Crippen molar-refractivity contribution >= 4 is 49.3 Å². The Kier molecular flexibility index (Phi) is 4.97. The predicted molar refractivity (Wildman–Crippen MR) is 89.2 cm³/mol. The van der Waals surface area contributed by atoms with Gasteiger partial charge in [0.25, 0.3) is 18.1 Å². The molecule has 0 saturated carbocycles. The van der Waals surface area contributed by atoms with E-state index >= 15 is 0 Å². The van der Waals surface area contributed by atoms with E-state index in [1.165, 1.54) is 24.3 Å². The molecule has 0 atom stereocenters. The van der Waals surface area contributed by atoms with Crippen molar-refractivity contribution in [3.63, 3.8) is 0 Å². The van der Waals surface area contributed by atoms with E-state index in [0.717, 1.165) is 0 Å². The van der Waals surface area contributed by atoms with Crippen molar-refractivity contribution < 1.29 is 16.8 Å². The minimum Gasteiger partial charge on any atom is -0.207 e. The van der Waals surface area contributed by atoms with Gasteiger partial charge in [-0.2, -0.15) is 0 Å². The second-order valence-corrected chi connectivity index (χ2v) is 9.27. The first-order valence-corrected chi connectivity index (χ1v) is 10.6. The molecule has 2 aromatic carbocycles. The zero-order valence-electron chi connectivity index (χ0n) is 11.0. The third-order valence-electron chi connectivity index (χ3n) is 2.77. The minimum absolute atomic E-state index is 0.139. The number of hydrogen-bond donors (Lipinski definition) is 0. The average molecular weight is 377 g/mol. The fourth-order valence-electron chi connectivity index (χ4n) is 1.94. The summed E-state index contributed by atoms with van der Waals surface area (Å²) in [5.74, 6) is 0. The van der Waals surface area contributed by atoms with Crippen LogP contribution in [0.2, 0.25) is 0 Å². The zero-order chi connectivity index (χ0) is 16.4. The van der Waals surface area contributed by atoms with E-state index in [4.69, 9.17) is 21.4 Å². The van der Waals surface area contributed by atoms with Gasteiger partial charge in [-0.05, 0) is 11.1 Å². The Labute approximate surface area is 137 Å². The Bertz CT molecular complexity index is 826. The quantitative estimate of drug-likeness (QED) is 0.603. The van der Waals surface area contributed by atoms with Gasteiger partial charge in [0.05, 0.1) is 0 Å². The smallest absolute Gasteiger partial charge is 0.207 e. The second kappa shape index (κ2) is 6.42. The highest BCUT2D eigenvalue weighted by molar-refractivity contribution is 8.25. The lowest BCUT2D eigenvalue weighted by Gasteiger charge is -2.11. The highest BCUT2D eigenvalue weighted by Crippen LogP contribution is 2.37. The van der Waals surface area contributed by atoms with E-state index in [9.17, 15) is 16.8 Å². The zero-order valence-corrected chi connectivity index (χ0v) is 14.1. The standard InChI is InChI=1S/C14H10Cl2O4S2/c15-21(17,18)13(11-7-3-1-4-8-11)14(22(16,19)20)12-9-5-2-6-10-12/h1-10H/b14-13+. The molecule has 0 radical (unpaired) electrons. The Morgan fingerprint density at radius 2 is 0.864 bits per heavy atom. The predicted octanol–water partition coefficient (Wildman–Crippen LogP) is 3.65. The summed E-state index contributed by atoms with van der Waals surface area (Å²) in [7, 11) is 2.23. The Morgan fingerprint density at radius 1 is 0.591 bits per heavy atom. The Hall–Kier alpha value is -1.34. The van der Waals surface area contributed by atoms with Crippen molar-refractivity contribution in [1.29, 1.82) is 0 Å². The SMILES string of the molecule is O=S(=O)(Cl)/C(=C(\c1ccccc1)S(=O)(=O)Cl)c1ccccc1. The van der Waals surface area contributed by atoms with Gasteiger partial charge < -0.3 is 0 Å². The first-order chi connectivity index (χ1) is 10.2. The van der Waals surface area contributed by atoms with Gasteiger partial charge in [-0.3, -0.25) is 0 Å². The topological polar surface area (TPSA) is 68.3 Å². The van der Waals surface area contributed by atoms with Crippen LogP contribution in [-0.2, 0) is 18.1 Å². The van der Waals surface area contributed by atoms with Crippen LogP contribution in [0.4, 0.5) is 0 Å². The molecular formula is C14H10Cl2O4S2. The van der Waals surface area contributed by atoms with Crippen molar-refractivity contribution in [2.45, 2.75) is 0 Å². The lowest BCUT2D eigenvalue weighted by atomic mass is 10.1. The molecule has 0 bridgehead atoms. The van der Waals surface area contributed by atoms with Gasteiger partial charge in [0.1, 0.15) is 9.81 Å². The molecule has 0 unspecified atom stereocenters. The van der Waals surface area contributed by atoms with Gasteiger partial charge in [-0.1, -0.05) is 60.7 Å². The van der Waals surface area contributed by atoms with Crippen molar-refractivity contribution in [3.8, 4) is 0 Å². The second-order valence-electron chi connectivity index (χ2n) is 4.27. The van der Waals surface area contributed by atoms with E-state index in [-0.39, 0.29) is 11.1 Å². The molecule has 0 fully saturated rings. The molecule has 0 aliphatic carbocycles. The van der Waals surface area contributed by atoms with Gasteiger partial charge in [0, 0.05) is 21.4 Å². The molecule has 0 heterocycles. The fraction of sp³-hybridized carbons (Fsp3) is 0. The first-order valence-electron chi connectivity index (χ1n) is 5.95. The van der Waals surface area contributed by atoms with Crippen LogP contribution in [0.15, 0.2) is 60.7 Å². The monoisotopic (exact) mass is 376 g/mol. The van der Waals surface area contributed by atoms with E-state index in [1.54, 1.807) is 36.4 Å². The summed E-state index contributed by atoms with van der Waals surface area (Å²) >= 11 is 0. The van der Waals surface area contributed by atoms with Crippen LogP contribution in [-0.4, -0.2) is 16.8 Å². The number of hydrogen-bond acceptors (Lipinski definition) is 4. The fourth-order valence-corrected chi connectivity index (χ4v) is 5.39. The molecule has 0 N–H and O–H groups in total. The lowest BCUT2D eigenvalue weighted by Crippen LogP contribution is -2.05. The normalized spacial score (nSPS) is 13.5. The van der Waals surface area contributed by atoms with Crippen molar-refractivity contribution in [2.75, 3.05) is 0 Å². The van der Waals surface area contributed by atoms with Crippen LogP contribution >= 0.6 is 21.4 Å². The average Bonchev–Trinajstić information content (AvgIpc) is 2.44. The molecule has 116 valence electrons. The van der Waals surface area contributed by atoms with Crippen LogP contribution in [0.5, 0.6) is 0 Å². The number of rotatable bonds is 4. The lowest BCUT2D eigenvalue weighted by molar-refractivity contribution is 0.615. The van der Waals surface area contributed by atoms with Gasteiger partial charge in [-0.25, -0.2) is 16.8 Å². The summed E-state index contributed by atoms with van der Waals surface area (Å²) in [6.45, 7) is 0. The molecular weight excluding hydrogens is 367 g/mol. The largest absolute Gasteiger partial charge is 0.263 e. The van der Waals surface area contributed by atoms with Crippen LogP contribution in [0.25, 0.3) is 9.81 Å². The van der Waals surface area contributed by atoms with E-state index in [1.807, 2.05) is 0 Å². The van der Waals surface area contributed by atoms with Crippen molar-refractivity contribution in [1.82, 2.24) is 0 Å². The van der Waals surface area contributed by atoms with E-state index < -0.39 is 27.9 Å². The maximum atomic E-state index is 12.0. The molecule has 2 aromatic rings. The van der Waals surface area contributed by atoms with Crippen molar-refractivity contribution in [3.05, 3.63) is 71.8 Å². The molecule has 2 rings (SSSR count). The molecule has 8 heteroatoms. The van der Waals surface area contributed by atoms with E-state index in [2.05, 4.69) is 0 Å². The number of halogens is 2. The van der Waals surface area contributed by atoms with Crippen molar-refractivity contribution in [2.24, 2.45) is 0 Å². The van der Waals surface area contributed by atoms with Crippen LogP contribution in [0.3, 0.4) is 0 Å².